The first-order valence-corrected chi connectivity index (χ1v) is 12.4. The highest BCUT2D eigenvalue weighted by Gasteiger charge is 2.32. The molecule has 0 aliphatic rings. The van der Waals surface area contributed by atoms with Gasteiger partial charge in [-0.15, -0.1) is 0 Å². The lowest BCUT2D eigenvalue weighted by Gasteiger charge is -2.26. The van der Waals surface area contributed by atoms with Crippen LogP contribution in [-0.4, -0.2) is 88.6 Å². The molecule has 0 fully saturated rings. The second-order valence-electron chi connectivity index (χ2n) is 7.86. The number of thioether (sulfide) groups is 1. The fourth-order valence-corrected chi connectivity index (χ4v) is 3.36. The number of nitrogens with one attached hydrogen (secondary N) is 3. The summed E-state index contributed by atoms with van der Waals surface area (Å²) in [7, 11) is 0. The second kappa shape index (κ2) is 17.1. The number of primary amides is 1. The molecule has 0 bridgehead atoms. The smallest absolute Gasteiger partial charge is 0.326 e. The molecule has 34 heavy (non-hydrogen) atoms. The third kappa shape index (κ3) is 12.7. The molecule has 5 unspecified atom stereocenters. The van der Waals surface area contributed by atoms with E-state index in [2.05, 4.69) is 16.0 Å². The number of hydrogen-bond acceptors (Lipinski definition) is 9. The Labute approximate surface area is 203 Å². The molecule has 0 aromatic carbocycles. The zero-order valence-corrected chi connectivity index (χ0v) is 20.4. The van der Waals surface area contributed by atoms with Gasteiger partial charge in [-0.1, -0.05) is 6.42 Å². The van der Waals surface area contributed by atoms with Gasteiger partial charge in [0.2, 0.25) is 23.6 Å². The maximum Gasteiger partial charge on any atom is 0.326 e. The number of aliphatic hydroxyl groups excluding tert-OH is 1. The van der Waals surface area contributed by atoms with E-state index in [1.165, 1.54) is 18.7 Å². The quantitative estimate of drug-likeness (QED) is 0.0900. The Morgan fingerprint density at radius 1 is 0.912 bits per heavy atom. The van der Waals surface area contributed by atoms with Crippen LogP contribution in [0.3, 0.4) is 0 Å². The number of nitrogens with two attached hydrogens (primary N) is 3. The third-order valence-corrected chi connectivity index (χ3v) is 5.55. The fourth-order valence-electron chi connectivity index (χ4n) is 2.89. The molecule has 0 aromatic heterocycles. The first-order chi connectivity index (χ1) is 15.9. The van der Waals surface area contributed by atoms with E-state index in [0.717, 1.165) is 0 Å². The number of carbonyl (C=O) groups excluding carboxylic acids is 4. The standard InChI is InChI=1S/C20H38N6O7S/c1-11(27)16(26-17(29)12(22)5-3-4-9-21)19(31)24-13(6-7-15(23)28)18(30)25-14(20(32)33)8-10-34-2/h11-14,16,27H,3-10,21-22H2,1-2H3,(H2,23,28)(H,24,31)(H,25,30)(H,26,29)(H,32,33). The van der Waals surface area contributed by atoms with Crippen LogP contribution >= 0.6 is 11.8 Å². The first-order valence-electron chi connectivity index (χ1n) is 11.0. The van der Waals surface area contributed by atoms with Crippen LogP contribution in [0.1, 0.15) is 45.4 Å². The van der Waals surface area contributed by atoms with Gasteiger partial charge >= 0.3 is 5.97 Å². The average Bonchev–Trinajstić information content (AvgIpc) is 2.76. The highest BCUT2D eigenvalue weighted by molar-refractivity contribution is 7.98. The summed E-state index contributed by atoms with van der Waals surface area (Å²) >= 11 is 1.40. The molecule has 196 valence electrons. The molecule has 0 rings (SSSR count). The van der Waals surface area contributed by atoms with Crippen molar-refractivity contribution in [3.8, 4) is 0 Å². The van der Waals surface area contributed by atoms with Crippen molar-refractivity contribution < 1.29 is 34.2 Å². The summed E-state index contributed by atoms with van der Waals surface area (Å²) in [5, 5.41) is 26.4. The molecule has 0 heterocycles. The van der Waals surface area contributed by atoms with E-state index in [9.17, 15) is 34.2 Å². The van der Waals surface area contributed by atoms with Crippen molar-refractivity contribution in [2.45, 2.75) is 75.7 Å². The summed E-state index contributed by atoms with van der Waals surface area (Å²) < 4.78 is 0. The minimum absolute atomic E-state index is 0.146. The second-order valence-corrected chi connectivity index (χ2v) is 8.85. The van der Waals surface area contributed by atoms with Gasteiger partial charge in [-0.25, -0.2) is 4.79 Å². The molecular formula is C20H38N6O7S. The summed E-state index contributed by atoms with van der Waals surface area (Å²) in [5.74, 6) is -3.92. The zero-order valence-electron chi connectivity index (χ0n) is 19.6. The monoisotopic (exact) mass is 506 g/mol. The van der Waals surface area contributed by atoms with Gasteiger partial charge in [-0.2, -0.15) is 11.8 Å². The predicted octanol–water partition coefficient (Wildman–Crippen LogP) is -2.62. The molecule has 5 atom stereocenters. The zero-order chi connectivity index (χ0) is 26.3. The van der Waals surface area contributed by atoms with E-state index < -0.39 is 59.9 Å². The SMILES string of the molecule is CSCCC(NC(=O)C(CCC(N)=O)NC(=O)C(NC(=O)C(N)CCCCN)C(C)O)C(=O)O. The topological polar surface area (TPSA) is 240 Å². The van der Waals surface area contributed by atoms with Gasteiger partial charge in [-0.3, -0.25) is 19.2 Å². The van der Waals surface area contributed by atoms with Crippen molar-refractivity contribution in [3.63, 3.8) is 0 Å². The van der Waals surface area contributed by atoms with E-state index in [1.807, 2.05) is 0 Å². The van der Waals surface area contributed by atoms with Gasteiger partial charge in [0.05, 0.1) is 12.1 Å². The Hall–Kier alpha value is -2.42. The van der Waals surface area contributed by atoms with Gasteiger partial charge in [0.1, 0.15) is 18.1 Å². The summed E-state index contributed by atoms with van der Waals surface area (Å²) in [5.41, 5.74) is 16.4. The van der Waals surface area contributed by atoms with E-state index in [0.29, 0.717) is 31.6 Å². The van der Waals surface area contributed by atoms with Crippen LogP contribution in [0.4, 0.5) is 0 Å². The largest absolute Gasteiger partial charge is 0.480 e. The van der Waals surface area contributed by atoms with E-state index in [1.54, 1.807) is 6.26 Å². The van der Waals surface area contributed by atoms with Gasteiger partial charge in [0.15, 0.2) is 0 Å². The predicted molar refractivity (Wildman–Crippen MR) is 127 cm³/mol. The Bertz CT molecular complexity index is 694. The number of amides is 4. The minimum Gasteiger partial charge on any atom is -0.480 e. The normalized spacial score (nSPS) is 15.3. The summed E-state index contributed by atoms with van der Waals surface area (Å²) in [4.78, 5) is 60.5. The molecule has 0 aliphatic carbocycles. The summed E-state index contributed by atoms with van der Waals surface area (Å²) in [6.07, 6.45) is 1.72. The Morgan fingerprint density at radius 3 is 2.03 bits per heavy atom. The number of carbonyl (C=O) groups is 5. The molecule has 0 aliphatic heterocycles. The first kappa shape index (κ1) is 31.6. The van der Waals surface area contributed by atoms with Crippen LogP contribution in [0, 0.1) is 0 Å². The van der Waals surface area contributed by atoms with Crippen molar-refractivity contribution in [1.82, 2.24) is 16.0 Å². The molecule has 0 spiro atoms. The lowest BCUT2D eigenvalue weighted by atomic mass is 10.1. The van der Waals surface area contributed by atoms with Crippen molar-refractivity contribution in [1.29, 1.82) is 0 Å². The molecule has 0 radical (unpaired) electrons. The van der Waals surface area contributed by atoms with E-state index in [4.69, 9.17) is 17.2 Å². The fraction of sp³-hybridized carbons (Fsp3) is 0.750. The van der Waals surface area contributed by atoms with Crippen LogP contribution in [0.15, 0.2) is 0 Å². The molecule has 0 saturated heterocycles. The van der Waals surface area contributed by atoms with Crippen LogP contribution in [-0.2, 0) is 24.0 Å². The number of hydrogen-bond donors (Lipinski definition) is 8. The van der Waals surface area contributed by atoms with Crippen molar-refractivity contribution >= 4 is 41.4 Å². The van der Waals surface area contributed by atoms with E-state index >= 15 is 0 Å². The van der Waals surface area contributed by atoms with Crippen LogP contribution in [0.25, 0.3) is 0 Å². The highest BCUT2D eigenvalue weighted by atomic mass is 32.2. The number of rotatable bonds is 18. The average molecular weight is 507 g/mol. The Morgan fingerprint density at radius 2 is 1.53 bits per heavy atom. The number of carboxylic acids is 1. The molecule has 13 nitrogen and oxygen atoms in total. The number of aliphatic hydroxyl groups is 1. The van der Waals surface area contributed by atoms with Crippen molar-refractivity contribution in [3.05, 3.63) is 0 Å². The Kier molecular flexibility index (Phi) is 15.9. The maximum absolute atomic E-state index is 12.8. The number of aliphatic carboxylic acids is 1. The van der Waals surface area contributed by atoms with Crippen LogP contribution in [0.2, 0.25) is 0 Å². The Balaban J connectivity index is 5.38. The van der Waals surface area contributed by atoms with Gasteiger partial charge in [0, 0.05) is 6.42 Å². The molecule has 0 aromatic rings. The summed E-state index contributed by atoms with van der Waals surface area (Å²) in [6, 6.07) is -4.90. The lowest BCUT2D eigenvalue weighted by molar-refractivity contribution is -0.142. The lowest BCUT2D eigenvalue weighted by Crippen LogP contribution is -2.59. The van der Waals surface area contributed by atoms with Gasteiger partial charge in [-0.05, 0) is 51.2 Å². The minimum atomic E-state index is -1.44. The molecule has 0 saturated carbocycles. The molecule has 11 N–H and O–H groups in total. The van der Waals surface area contributed by atoms with Crippen LogP contribution in [0.5, 0.6) is 0 Å². The molecule has 14 heteroatoms. The van der Waals surface area contributed by atoms with Gasteiger partial charge in [0.25, 0.3) is 0 Å². The number of carboxylic acid groups (broad SMARTS) is 1. The van der Waals surface area contributed by atoms with Crippen molar-refractivity contribution in [2.75, 3.05) is 18.6 Å². The number of unbranched alkanes of at least 4 members (excludes halogenated alkanes) is 1. The highest BCUT2D eigenvalue weighted by Crippen LogP contribution is 2.06. The van der Waals surface area contributed by atoms with Crippen molar-refractivity contribution in [2.24, 2.45) is 17.2 Å². The molecular weight excluding hydrogens is 468 g/mol. The summed E-state index contributed by atoms with van der Waals surface area (Å²) in [6.45, 7) is 1.72. The van der Waals surface area contributed by atoms with E-state index in [-0.39, 0.29) is 19.3 Å². The third-order valence-electron chi connectivity index (χ3n) is 4.91. The molecule has 4 amide bonds. The van der Waals surface area contributed by atoms with Crippen LogP contribution < -0.4 is 33.2 Å². The maximum atomic E-state index is 12.8. The van der Waals surface area contributed by atoms with Gasteiger partial charge < -0.3 is 43.4 Å².